The van der Waals surface area contributed by atoms with Gasteiger partial charge in [0.25, 0.3) is 5.56 Å². The van der Waals surface area contributed by atoms with Crippen LogP contribution in [0.1, 0.15) is 5.56 Å². The Hall–Kier alpha value is -2.99. The van der Waals surface area contributed by atoms with Gasteiger partial charge in [0.15, 0.2) is 16.7 Å². The topological polar surface area (TPSA) is 131 Å². The maximum Gasteiger partial charge on any atom is 0.270 e. The molecule has 0 atom stereocenters. The van der Waals surface area contributed by atoms with Crippen molar-refractivity contribution in [1.29, 1.82) is 5.26 Å². The molecule has 3 rings (SSSR count). The minimum atomic E-state index is -0.581. The summed E-state index contributed by atoms with van der Waals surface area (Å²) >= 11 is 0.990. The van der Waals surface area contributed by atoms with Gasteiger partial charge in [-0.2, -0.15) is 5.26 Å². The van der Waals surface area contributed by atoms with Crippen molar-refractivity contribution in [2.45, 2.75) is 5.16 Å². The quantitative estimate of drug-likeness (QED) is 0.620. The van der Waals surface area contributed by atoms with Crippen molar-refractivity contribution in [3.05, 3.63) is 34.1 Å². The van der Waals surface area contributed by atoms with E-state index in [-0.39, 0.29) is 29.0 Å². The Balaban J connectivity index is 2.08. The van der Waals surface area contributed by atoms with Gasteiger partial charge < -0.3 is 20.2 Å². The molecule has 8 nitrogen and oxygen atoms in total. The summed E-state index contributed by atoms with van der Waals surface area (Å²) < 4.78 is 10.5. The minimum absolute atomic E-state index is 0.0323. The fourth-order valence-electron chi connectivity index (χ4n) is 2.02. The van der Waals surface area contributed by atoms with E-state index in [0.717, 1.165) is 11.8 Å². The number of thioether (sulfide) groups is 1. The Labute approximate surface area is 134 Å². The van der Waals surface area contributed by atoms with Gasteiger partial charge >= 0.3 is 0 Å². The lowest BCUT2D eigenvalue weighted by atomic mass is 10.1. The van der Waals surface area contributed by atoms with Crippen molar-refractivity contribution in [3.8, 4) is 28.8 Å². The van der Waals surface area contributed by atoms with Crippen LogP contribution < -0.4 is 20.8 Å². The number of hydrogen-bond donors (Lipinski definition) is 2. The number of nitrogens with two attached hydrogens (primary N) is 1. The zero-order valence-corrected chi connectivity index (χ0v) is 12.5. The zero-order valence-electron chi connectivity index (χ0n) is 11.7. The third kappa shape index (κ3) is 2.97. The number of aromatic nitrogens is 2. The molecule has 0 saturated carbocycles. The van der Waals surface area contributed by atoms with Gasteiger partial charge in [-0.15, -0.1) is 0 Å². The Morgan fingerprint density at radius 2 is 2.22 bits per heavy atom. The highest BCUT2D eigenvalue weighted by atomic mass is 32.2. The summed E-state index contributed by atoms with van der Waals surface area (Å²) in [7, 11) is 0. The molecule has 0 bridgehead atoms. The van der Waals surface area contributed by atoms with E-state index < -0.39 is 11.5 Å². The molecule has 9 heteroatoms. The van der Waals surface area contributed by atoms with E-state index in [0.29, 0.717) is 17.1 Å². The highest BCUT2D eigenvalue weighted by Gasteiger charge is 2.18. The van der Waals surface area contributed by atoms with Gasteiger partial charge in [0.05, 0.1) is 11.4 Å². The van der Waals surface area contributed by atoms with Crippen LogP contribution in [-0.4, -0.2) is 28.4 Å². The van der Waals surface area contributed by atoms with Crippen molar-refractivity contribution in [2.75, 3.05) is 12.5 Å². The molecule has 23 heavy (non-hydrogen) atoms. The smallest absolute Gasteiger partial charge is 0.270 e. The van der Waals surface area contributed by atoms with Crippen LogP contribution in [0, 0.1) is 11.3 Å². The van der Waals surface area contributed by atoms with Crippen LogP contribution in [0.5, 0.6) is 11.5 Å². The van der Waals surface area contributed by atoms with E-state index in [4.69, 9.17) is 15.2 Å². The van der Waals surface area contributed by atoms with Crippen molar-refractivity contribution >= 4 is 17.7 Å². The highest BCUT2D eigenvalue weighted by Crippen LogP contribution is 2.36. The Bertz CT molecular complexity index is 887. The predicted octanol–water partition coefficient (Wildman–Crippen LogP) is 0.615. The zero-order chi connectivity index (χ0) is 16.4. The Morgan fingerprint density at radius 3 is 2.96 bits per heavy atom. The van der Waals surface area contributed by atoms with Crippen molar-refractivity contribution in [3.63, 3.8) is 0 Å². The summed E-state index contributed by atoms with van der Waals surface area (Å²) in [5.74, 6) is 0.530. The molecule has 0 aliphatic carbocycles. The van der Waals surface area contributed by atoms with Crippen LogP contribution in [0.2, 0.25) is 0 Å². The number of nitrogens with one attached hydrogen (secondary N) is 1. The molecule has 1 aliphatic rings. The number of aromatic amines is 1. The largest absolute Gasteiger partial charge is 0.454 e. The summed E-state index contributed by atoms with van der Waals surface area (Å²) in [5, 5.41) is 9.42. The lowest BCUT2D eigenvalue weighted by Gasteiger charge is -2.06. The Kier molecular flexibility index (Phi) is 3.91. The third-order valence-corrected chi connectivity index (χ3v) is 3.90. The summed E-state index contributed by atoms with van der Waals surface area (Å²) in [6.45, 7) is 0.117. The number of carbonyl (C=O) groups excluding carboxylic acids is 1. The van der Waals surface area contributed by atoms with Gasteiger partial charge in [-0.05, 0) is 18.2 Å². The number of hydrogen-bond acceptors (Lipinski definition) is 7. The maximum atomic E-state index is 12.0. The van der Waals surface area contributed by atoms with E-state index in [1.54, 1.807) is 18.2 Å². The number of primary amides is 1. The molecule has 1 aliphatic heterocycles. The minimum Gasteiger partial charge on any atom is -0.454 e. The number of nitrogens with zero attached hydrogens (tertiary/aromatic N) is 2. The number of fused-ring (bicyclic) bond motifs is 1. The lowest BCUT2D eigenvalue weighted by molar-refractivity contribution is -0.115. The molecule has 116 valence electrons. The monoisotopic (exact) mass is 330 g/mol. The van der Waals surface area contributed by atoms with Gasteiger partial charge in [-0.3, -0.25) is 9.59 Å². The molecule has 2 aromatic rings. The number of ether oxygens (including phenoxy) is 2. The number of carbonyl (C=O) groups is 1. The van der Waals surface area contributed by atoms with Crippen LogP contribution in [0.15, 0.2) is 28.2 Å². The summed E-state index contributed by atoms with van der Waals surface area (Å²) in [6.07, 6.45) is 0. The fourth-order valence-corrected chi connectivity index (χ4v) is 2.62. The van der Waals surface area contributed by atoms with Crippen LogP contribution >= 0.6 is 11.8 Å². The molecule has 0 radical (unpaired) electrons. The van der Waals surface area contributed by atoms with Crippen molar-refractivity contribution < 1.29 is 14.3 Å². The third-order valence-electron chi connectivity index (χ3n) is 3.01. The van der Waals surface area contributed by atoms with E-state index in [2.05, 4.69) is 9.97 Å². The number of rotatable bonds is 4. The predicted molar refractivity (Wildman–Crippen MR) is 81.1 cm³/mol. The molecule has 3 N–H and O–H groups in total. The van der Waals surface area contributed by atoms with Crippen LogP contribution in [-0.2, 0) is 4.79 Å². The van der Waals surface area contributed by atoms with Gasteiger partial charge in [-0.1, -0.05) is 11.8 Å². The van der Waals surface area contributed by atoms with Crippen molar-refractivity contribution in [1.82, 2.24) is 9.97 Å². The normalized spacial score (nSPS) is 12.0. The van der Waals surface area contributed by atoms with Crippen molar-refractivity contribution in [2.24, 2.45) is 5.73 Å². The first kappa shape index (κ1) is 14.9. The first-order valence-corrected chi connectivity index (χ1v) is 7.42. The summed E-state index contributed by atoms with van der Waals surface area (Å²) in [6, 6.07) is 6.85. The molecule has 0 spiro atoms. The van der Waals surface area contributed by atoms with E-state index in [1.165, 1.54) is 0 Å². The van der Waals surface area contributed by atoms with Gasteiger partial charge in [0.1, 0.15) is 11.6 Å². The highest BCUT2D eigenvalue weighted by molar-refractivity contribution is 7.99. The second-order valence-electron chi connectivity index (χ2n) is 4.53. The van der Waals surface area contributed by atoms with Crippen LogP contribution in [0.25, 0.3) is 11.3 Å². The van der Waals surface area contributed by atoms with E-state index in [1.807, 2.05) is 6.07 Å². The van der Waals surface area contributed by atoms with Gasteiger partial charge in [0.2, 0.25) is 12.7 Å². The average Bonchev–Trinajstić information content (AvgIpc) is 2.99. The molecule has 2 heterocycles. The molecule has 0 saturated heterocycles. The van der Waals surface area contributed by atoms with Gasteiger partial charge in [-0.25, -0.2) is 4.98 Å². The number of nitriles is 1. The summed E-state index contributed by atoms with van der Waals surface area (Å²) in [4.78, 5) is 29.6. The number of benzene rings is 1. The molecular weight excluding hydrogens is 320 g/mol. The molecular formula is C14H10N4O4S. The molecule has 1 aromatic heterocycles. The van der Waals surface area contributed by atoms with E-state index >= 15 is 0 Å². The van der Waals surface area contributed by atoms with Crippen LogP contribution in [0.4, 0.5) is 0 Å². The van der Waals surface area contributed by atoms with Gasteiger partial charge in [0, 0.05) is 5.56 Å². The standard InChI is InChI=1S/C14H10N4O4S/c15-4-8-12(7-1-2-9-10(3-7)22-6-21-9)17-14(18-13(8)20)23-5-11(16)19/h1-3H,5-6H2,(H2,16,19)(H,17,18,20). The SMILES string of the molecule is N#Cc1c(-c2ccc3c(c2)OCO3)nc(SCC(N)=O)[nH]c1=O. The molecule has 1 aromatic carbocycles. The maximum absolute atomic E-state index is 12.0. The Morgan fingerprint density at radius 1 is 1.43 bits per heavy atom. The van der Waals surface area contributed by atoms with E-state index in [9.17, 15) is 14.9 Å². The first-order chi connectivity index (χ1) is 11.1. The first-order valence-electron chi connectivity index (χ1n) is 6.44. The molecule has 0 unspecified atom stereocenters. The number of H-pyrrole nitrogens is 1. The lowest BCUT2D eigenvalue weighted by Crippen LogP contribution is -2.17. The average molecular weight is 330 g/mol. The second kappa shape index (κ2) is 6.02. The van der Waals surface area contributed by atoms with Crippen LogP contribution in [0.3, 0.4) is 0 Å². The second-order valence-corrected chi connectivity index (χ2v) is 5.49. The number of amides is 1. The fraction of sp³-hybridized carbons (Fsp3) is 0.143. The summed E-state index contributed by atoms with van der Waals surface area (Å²) in [5.41, 5.74) is 5.13. The molecule has 1 amide bonds. The molecule has 0 fully saturated rings.